The summed E-state index contributed by atoms with van der Waals surface area (Å²) in [6, 6.07) is 5.33. The van der Waals surface area contributed by atoms with Gasteiger partial charge in [0.2, 0.25) is 5.88 Å². The van der Waals surface area contributed by atoms with Crippen molar-refractivity contribution in [2.45, 2.75) is 52.2 Å². The zero-order valence-electron chi connectivity index (χ0n) is 21.4. The molecule has 1 aliphatic rings. The van der Waals surface area contributed by atoms with E-state index in [4.69, 9.17) is 21.6 Å². The highest BCUT2D eigenvalue weighted by Crippen LogP contribution is 2.44. The van der Waals surface area contributed by atoms with Gasteiger partial charge in [-0.2, -0.15) is 9.97 Å². The number of anilines is 2. The molecule has 11 heteroatoms. The molecule has 39 heavy (non-hydrogen) atoms. The summed E-state index contributed by atoms with van der Waals surface area (Å²) in [5.74, 6) is 1.13. The van der Waals surface area contributed by atoms with E-state index < -0.39 is 30.3 Å². The molecule has 0 radical (unpaired) electrons. The van der Waals surface area contributed by atoms with E-state index in [1.165, 1.54) is 18.2 Å². The predicted molar refractivity (Wildman–Crippen MR) is 143 cm³/mol. The number of benzene rings is 2. The standard InChI is InChI=1S/C28H27F2N5O4/c1-4-6-7-8-11-35-14(3)38-26-21-24(33-27(34-25(21)35)39-28(36)37)22(30)23(32-26)18-13-16(31)12-15-9-10-19(29)17(5-2)20(15)18/h2,9-10,12-14,28,36-37H,4,6-8,11,31H2,1,3H3. The number of hydrogen-bond donors (Lipinski definition) is 3. The average Bonchev–Trinajstić information content (AvgIpc) is 2.89. The van der Waals surface area contributed by atoms with Gasteiger partial charge in [0.05, 0.1) is 5.56 Å². The molecule has 5 rings (SSSR count). The number of nitrogens with zero attached hydrogens (tertiary/aromatic N) is 4. The van der Waals surface area contributed by atoms with E-state index in [1.54, 1.807) is 13.0 Å². The zero-order valence-corrected chi connectivity index (χ0v) is 21.4. The van der Waals surface area contributed by atoms with Gasteiger partial charge < -0.3 is 30.3 Å². The smallest absolute Gasteiger partial charge is 0.323 e. The van der Waals surface area contributed by atoms with Crippen molar-refractivity contribution in [3.63, 3.8) is 0 Å². The number of terminal acetylenes is 1. The maximum Gasteiger partial charge on any atom is 0.323 e. The third kappa shape index (κ3) is 4.73. The first-order valence-corrected chi connectivity index (χ1v) is 12.6. The number of hydrogen-bond acceptors (Lipinski definition) is 9. The van der Waals surface area contributed by atoms with Crippen molar-refractivity contribution < 1.29 is 28.5 Å². The van der Waals surface area contributed by atoms with Crippen LogP contribution in [0.5, 0.6) is 11.9 Å². The maximum atomic E-state index is 16.4. The largest absolute Gasteiger partial charge is 0.453 e. The number of aliphatic hydroxyl groups is 2. The number of pyridine rings is 1. The fourth-order valence-electron chi connectivity index (χ4n) is 4.91. The second-order valence-electron chi connectivity index (χ2n) is 9.28. The third-order valence-corrected chi connectivity index (χ3v) is 6.66. The molecule has 9 nitrogen and oxygen atoms in total. The van der Waals surface area contributed by atoms with Crippen molar-refractivity contribution in [3.05, 3.63) is 41.5 Å². The van der Waals surface area contributed by atoms with E-state index in [0.717, 1.165) is 25.7 Å². The highest BCUT2D eigenvalue weighted by molar-refractivity contribution is 6.05. The maximum absolute atomic E-state index is 16.4. The zero-order chi connectivity index (χ0) is 27.8. The molecule has 1 atom stereocenters. The molecule has 0 spiro atoms. The number of halogens is 2. The Labute approximate surface area is 223 Å². The molecule has 202 valence electrons. The number of aromatic nitrogens is 3. The van der Waals surface area contributed by atoms with Gasteiger partial charge >= 0.3 is 12.5 Å². The van der Waals surface area contributed by atoms with Crippen molar-refractivity contribution >= 4 is 33.2 Å². The van der Waals surface area contributed by atoms with Crippen LogP contribution in [-0.2, 0) is 0 Å². The molecule has 0 fully saturated rings. The summed E-state index contributed by atoms with van der Waals surface area (Å²) in [5.41, 5.74) is 6.03. The van der Waals surface area contributed by atoms with Crippen LogP contribution in [0.3, 0.4) is 0 Å². The predicted octanol–water partition coefficient (Wildman–Crippen LogP) is 4.46. The molecule has 0 saturated carbocycles. The summed E-state index contributed by atoms with van der Waals surface area (Å²) in [7, 11) is 0. The van der Waals surface area contributed by atoms with Crippen molar-refractivity contribution in [2.24, 2.45) is 0 Å². The van der Waals surface area contributed by atoms with Crippen LogP contribution in [0.1, 0.15) is 45.1 Å². The quantitative estimate of drug-likeness (QED) is 0.130. The Morgan fingerprint density at radius 3 is 2.67 bits per heavy atom. The molecule has 0 amide bonds. The monoisotopic (exact) mass is 535 g/mol. The first kappa shape index (κ1) is 26.3. The van der Waals surface area contributed by atoms with E-state index >= 15 is 4.39 Å². The summed E-state index contributed by atoms with van der Waals surface area (Å²) in [4.78, 5) is 14.8. The van der Waals surface area contributed by atoms with Gasteiger partial charge in [-0.15, -0.1) is 6.42 Å². The van der Waals surface area contributed by atoms with E-state index in [1.807, 2.05) is 4.90 Å². The minimum absolute atomic E-state index is 0.0547. The minimum atomic E-state index is -2.23. The van der Waals surface area contributed by atoms with Crippen LogP contribution in [0, 0.1) is 24.0 Å². The molecule has 0 aliphatic carbocycles. The molecule has 4 aromatic rings. The van der Waals surface area contributed by atoms with Gasteiger partial charge in [-0.05, 0) is 36.9 Å². The molecule has 0 bridgehead atoms. The van der Waals surface area contributed by atoms with Gasteiger partial charge in [0.1, 0.15) is 22.4 Å². The van der Waals surface area contributed by atoms with Gasteiger partial charge in [-0.1, -0.05) is 38.2 Å². The second-order valence-corrected chi connectivity index (χ2v) is 9.28. The van der Waals surface area contributed by atoms with Crippen molar-refractivity contribution in [1.82, 2.24) is 15.0 Å². The molecular formula is C28H27F2N5O4. The van der Waals surface area contributed by atoms with Crippen LogP contribution in [0.15, 0.2) is 24.3 Å². The van der Waals surface area contributed by atoms with Gasteiger partial charge in [-0.25, -0.2) is 13.8 Å². The van der Waals surface area contributed by atoms with Crippen LogP contribution in [0.4, 0.5) is 20.3 Å². The van der Waals surface area contributed by atoms with E-state index in [0.29, 0.717) is 11.9 Å². The SMILES string of the molecule is C#Cc1c(F)ccc2cc(N)cc(-c3nc4c5c(nc(OC(O)O)nc5c3F)N(CCCCCC)C(C)O4)c12. The Hall–Kier alpha value is -4.27. The summed E-state index contributed by atoms with van der Waals surface area (Å²) in [6.45, 7) is 2.22. The molecule has 3 heterocycles. The fraction of sp³-hybridized carbons (Fsp3) is 0.321. The number of nitrogen functional groups attached to an aromatic ring is 1. The van der Waals surface area contributed by atoms with E-state index in [9.17, 15) is 14.6 Å². The van der Waals surface area contributed by atoms with Crippen LogP contribution < -0.4 is 20.1 Å². The lowest BCUT2D eigenvalue weighted by molar-refractivity contribution is -0.183. The highest BCUT2D eigenvalue weighted by Gasteiger charge is 2.33. The number of ether oxygens (including phenoxy) is 2. The molecule has 4 N–H and O–H groups in total. The topological polar surface area (TPSA) is 127 Å². The number of nitrogens with two attached hydrogens (primary N) is 1. The van der Waals surface area contributed by atoms with Crippen LogP contribution in [-0.4, -0.2) is 44.4 Å². The number of unbranched alkanes of at least 4 members (excludes halogenated alkanes) is 3. The average molecular weight is 536 g/mol. The molecular weight excluding hydrogens is 508 g/mol. The minimum Gasteiger partial charge on any atom is -0.453 e. The van der Waals surface area contributed by atoms with Gasteiger partial charge in [0.15, 0.2) is 17.9 Å². The summed E-state index contributed by atoms with van der Waals surface area (Å²) in [5, 5.41) is 19.8. The Bertz CT molecular complexity index is 1620. The highest BCUT2D eigenvalue weighted by atomic mass is 19.1. The van der Waals surface area contributed by atoms with Crippen LogP contribution >= 0.6 is 0 Å². The lowest BCUT2D eigenvalue weighted by atomic mass is 9.95. The lowest BCUT2D eigenvalue weighted by Gasteiger charge is -2.35. The third-order valence-electron chi connectivity index (χ3n) is 6.66. The number of fused-ring (bicyclic) bond motifs is 1. The molecule has 0 saturated heterocycles. The Morgan fingerprint density at radius 2 is 1.95 bits per heavy atom. The van der Waals surface area contributed by atoms with E-state index in [2.05, 4.69) is 27.8 Å². The molecule has 2 aromatic heterocycles. The van der Waals surface area contributed by atoms with Gasteiger partial charge in [0, 0.05) is 23.2 Å². The van der Waals surface area contributed by atoms with Gasteiger partial charge in [-0.3, -0.25) is 0 Å². The Morgan fingerprint density at radius 1 is 1.15 bits per heavy atom. The summed E-state index contributed by atoms with van der Waals surface area (Å²) in [6.07, 6.45) is 8.98. The Balaban J connectivity index is 1.79. The summed E-state index contributed by atoms with van der Waals surface area (Å²) < 4.78 is 42.1. The van der Waals surface area contributed by atoms with Crippen LogP contribution in [0.2, 0.25) is 0 Å². The van der Waals surface area contributed by atoms with Crippen LogP contribution in [0.25, 0.3) is 32.9 Å². The first-order chi connectivity index (χ1) is 18.7. The molecule has 1 aliphatic heterocycles. The Kier molecular flexibility index (Phi) is 7.08. The van der Waals surface area contributed by atoms with Crippen molar-refractivity contribution in [2.75, 3.05) is 17.2 Å². The first-order valence-electron chi connectivity index (χ1n) is 12.6. The number of rotatable bonds is 8. The van der Waals surface area contributed by atoms with Gasteiger partial charge in [0.25, 0.3) is 0 Å². The second kappa shape index (κ2) is 10.5. The summed E-state index contributed by atoms with van der Waals surface area (Å²) >= 11 is 0. The van der Waals surface area contributed by atoms with E-state index in [-0.39, 0.29) is 50.5 Å². The normalized spacial score (nSPS) is 14.6. The molecule has 1 unspecified atom stereocenters. The molecule has 2 aromatic carbocycles. The van der Waals surface area contributed by atoms with Crippen molar-refractivity contribution in [3.8, 4) is 35.5 Å². The van der Waals surface area contributed by atoms with Crippen molar-refractivity contribution in [1.29, 1.82) is 0 Å². The number of aliphatic hydroxyl groups excluding tert-OH is 1. The fourth-order valence-corrected chi connectivity index (χ4v) is 4.91. The lowest BCUT2D eigenvalue weighted by Crippen LogP contribution is -2.41.